The highest BCUT2D eigenvalue weighted by molar-refractivity contribution is 5.08. The fourth-order valence-corrected chi connectivity index (χ4v) is 2.00. The SMILES string of the molecule is C=C(C)N(C(=C)CC/C=C/CC(C)C)C(C)CC.CC.CCC.CCC. The molecule has 0 amide bonds. The third kappa shape index (κ3) is 25.3. The minimum Gasteiger partial charge on any atom is -0.347 e. The molecular weight excluding hydrogens is 314 g/mol. The Morgan fingerprint density at radius 2 is 1.31 bits per heavy atom. The van der Waals surface area contributed by atoms with Crippen molar-refractivity contribution in [3.05, 3.63) is 36.7 Å². The fourth-order valence-electron chi connectivity index (χ4n) is 2.00. The summed E-state index contributed by atoms with van der Waals surface area (Å²) in [5.74, 6) is 0.747. The summed E-state index contributed by atoms with van der Waals surface area (Å²) >= 11 is 0. The molecule has 1 atom stereocenters. The van der Waals surface area contributed by atoms with Crippen LogP contribution in [-0.4, -0.2) is 10.9 Å². The first kappa shape index (κ1) is 32.7. The van der Waals surface area contributed by atoms with E-state index in [-0.39, 0.29) is 0 Å². The van der Waals surface area contributed by atoms with Crippen molar-refractivity contribution < 1.29 is 0 Å². The lowest BCUT2D eigenvalue weighted by molar-refractivity contribution is 0.317. The van der Waals surface area contributed by atoms with Crippen LogP contribution in [0.2, 0.25) is 0 Å². The molecule has 0 heterocycles. The Hall–Kier alpha value is -0.980. The van der Waals surface area contributed by atoms with Crippen LogP contribution >= 0.6 is 0 Å². The zero-order valence-corrected chi connectivity index (χ0v) is 20.4. The molecule has 0 aliphatic rings. The highest BCUT2D eigenvalue weighted by atomic mass is 15.2. The van der Waals surface area contributed by atoms with Gasteiger partial charge in [0.15, 0.2) is 0 Å². The van der Waals surface area contributed by atoms with Gasteiger partial charge in [0.05, 0.1) is 0 Å². The molecule has 0 aliphatic heterocycles. The normalized spacial score (nSPS) is 10.6. The average Bonchev–Trinajstić information content (AvgIpc) is 2.57. The lowest BCUT2D eigenvalue weighted by atomic mass is 10.1. The van der Waals surface area contributed by atoms with Gasteiger partial charge in [-0.2, -0.15) is 0 Å². The van der Waals surface area contributed by atoms with Crippen molar-refractivity contribution in [2.24, 2.45) is 5.92 Å². The quantitative estimate of drug-likeness (QED) is 0.367. The van der Waals surface area contributed by atoms with Crippen LogP contribution in [0, 0.1) is 5.92 Å². The molecule has 0 rings (SSSR count). The molecular formula is C25H53N. The van der Waals surface area contributed by atoms with E-state index >= 15 is 0 Å². The topological polar surface area (TPSA) is 3.24 Å². The van der Waals surface area contributed by atoms with Crippen molar-refractivity contribution in [2.75, 3.05) is 0 Å². The second-order valence-corrected chi connectivity index (χ2v) is 6.98. The van der Waals surface area contributed by atoms with Gasteiger partial charge in [-0.1, -0.05) is 100 Å². The molecule has 1 unspecified atom stereocenters. The second-order valence-electron chi connectivity index (χ2n) is 6.98. The van der Waals surface area contributed by atoms with E-state index < -0.39 is 0 Å². The van der Waals surface area contributed by atoms with Crippen LogP contribution in [0.3, 0.4) is 0 Å². The summed E-state index contributed by atoms with van der Waals surface area (Å²) in [6.07, 6.45) is 11.4. The van der Waals surface area contributed by atoms with E-state index in [9.17, 15) is 0 Å². The average molecular weight is 368 g/mol. The summed E-state index contributed by atoms with van der Waals surface area (Å²) in [7, 11) is 0. The first-order valence-electron chi connectivity index (χ1n) is 11.0. The molecule has 1 nitrogen and oxygen atoms in total. The van der Waals surface area contributed by atoms with Gasteiger partial charge >= 0.3 is 0 Å². The van der Waals surface area contributed by atoms with Crippen LogP contribution in [0.4, 0.5) is 0 Å². The molecule has 1 heteroatoms. The molecule has 0 N–H and O–H groups in total. The smallest absolute Gasteiger partial charge is 0.0304 e. The first-order valence-corrected chi connectivity index (χ1v) is 11.0. The summed E-state index contributed by atoms with van der Waals surface area (Å²) < 4.78 is 0. The van der Waals surface area contributed by atoms with E-state index in [0.29, 0.717) is 6.04 Å². The minimum atomic E-state index is 0.495. The van der Waals surface area contributed by atoms with Crippen molar-refractivity contribution in [1.82, 2.24) is 4.90 Å². The van der Waals surface area contributed by atoms with Crippen molar-refractivity contribution in [3.63, 3.8) is 0 Å². The number of hydrogen-bond acceptors (Lipinski definition) is 1. The minimum absolute atomic E-state index is 0.495. The van der Waals surface area contributed by atoms with Crippen molar-refractivity contribution >= 4 is 0 Å². The largest absolute Gasteiger partial charge is 0.347 e. The molecule has 0 saturated heterocycles. The Labute approximate surface area is 168 Å². The van der Waals surface area contributed by atoms with Crippen molar-refractivity contribution in [2.45, 2.75) is 121 Å². The highest BCUT2D eigenvalue weighted by Crippen LogP contribution is 2.20. The summed E-state index contributed by atoms with van der Waals surface area (Å²) in [5, 5.41) is 0. The van der Waals surface area contributed by atoms with Gasteiger partial charge in [-0.15, -0.1) is 0 Å². The summed E-state index contributed by atoms with van der Waals surface area (Å²) in [5.41, 5.74) is 2.28. The lowest BCUT2D eigenvalue weighted by Gasteiger charge is -2.32. The maximum Gasteiger partial charge on any atom is 0.0304 e. The Bertz CT molecular complexity index is 310. The third-order valence-electron chi connectivity index (χ3n) is 3.16. The van der Waals surface area contributed by atoms with Gasteiger partial charge < -0.3 is 4.90 Å². The van der Waals surface area contributed by atoms with E-state index in [1.807, 2.05) is 13.8 Å². The highest BCUT2D eigenvalue weighted by Gasteiger charge is 2.13. The van der Waals surface area contributed by atoms with Crippen LogP contribution in [0.5, 0.6) is 0 Å². The molecule has 0 saturated carbocycles. The maximum atomic E-state index is 4.21. The van der Waals surface area contributed by atoms with Gasteiger partial charge in [0.2, 0.25) is 0 Å². The number of nitrogens with zero attached hydrogens (tertiary/aromatic N) is 1. The molecule has 0 radical (unpaired) electrons. The molecule has 26 heavy (non-hydrogen) atoms. The van der Waals surface area contributed by atoms with Crippen LogP contribution in [-0.2, 0) is 0 Å². The third-order valence-corrected chi connectivity index (χ3v) is 3.16. The second kappa shape index (κ2) is 26.3. The zero-order chi connectivity index (χ0) is 21.5. The van der Waals surface area contributed by atoms with Gasteiger partial charge in [0.1, 0.15) is 0 Å². The summed E-state index contributed by atoms with van der Waals surface area (Å²) in [6.45, 7) is 31.8. The molecule has 158 valence electrons. The molecule has 0 fully saturated rings. The van der Waals surface area contributed by atoms with Gasteiger partial charge in [0, 0.05) is 17.4 Å². The van der Waals surface area contributed by atoms with E-state index in [1.54, 1.807) is 0 Å². The van der Waals surface area contributed by atoms with Gasteiger partial charge in [-0.3, -0.25) is 0 Å². The zero-order valence-electron chi connectivity index (χ0n) is 20.4. The first-order chi connectivity index (χ1) is 12.2. The van der Waals surface area contributed by atoms with E-state index in [0.717, 1.165) is 30.9 Å². The van der Waals surface area contributed by atoms with Gasteiger partial charge in [0.25, 0.3) is 0 Å². The van der Waals surface area contributed by atoms with Crippen LogP contribution in [0.25, 0.3) is 0 Å². The lowest BCUT2D eigenvalue weighted by Crippen LogP contribution is -2.29. The van der Waals surface area contributed by atoms with Crippen LogP contribution < -0.4 is 0 Å². The van der Waals surface area contributed by atoms with Crippen molar-refractivity contribution in [1.29, 1.82) is 0 Å². The van der Waals surface area contributed by atoms with E-state index in [2.05, 4.69) is 92.5 Å². The number of rotatable bonds is 9. The maximum absolute atomic E-state index is 4.21. The number of hydrogen-bond donors (Lipinski definition) is 0. The fraction of sp³-hybridized carbons (Fsp3) is 0.760. The molecule has 0 aliphatic carbocycles. The predicted molar refractivity (Wildman–Crippen MR) is 127 cm³/mol. The standard InChI is InChI=1S/C17H31N.2C3H8.C2H6/c1-8-16(6)18(15(4)5)17(7)13-11-9-10-12-14(2)3;2*1-3-2;1-2/h9-10,14,16H,4,7-8,11-13H2,1-3,5-6H3;2*3H2,1-2H3;1-2H3/b10-9+;;;. The van der Waals surface area contributed by atoms with Crippen LogP contribution in [0.1, 0.15) is 115 Å². The molecule has 0 aromatic heterocycles. The van der Waals surface area contributed by atoms with E-state index in [4.69, 9.17) is 0 Å². The molecule has 0 bridgehead atoms. The molecule has 0 aromatic rings. The Balaban J connectivity index is -0.000000257. The Morgan fingerprint density at radius 3 is 1.62 bits per heavy atom. The summed E-state index contributed by atoms with van der Waals surface area (Å²) in [6, 6.07) is 0.495. The predicted octanol–water partition coefficient (Wildman–Crippen LogP) is 9.38. The number of allylic oxidation sites excluding steroid dienone is 4. The monoisotopic (exact) mass is 367 g/mol. The molecule has 0 aromatic carbocycles. The Kier molecular flexibility index (Phi) is 33.0. The van der Waals surface area contributed by atoms with Gasteiger partial charge in [-0.05, 0) is 45.4 Å². The van der Waals surface area contributed by atoms with Gasteiger partial charge in [-0.25, -0.2) is 0 Å². The van der Waals surface area contributed by atoms with E-state index in [1.165, 1.54) is 25.0 Å². The van der Waals surface area contributed by atoms with Crippen LogP contribution in [0.15, 0.2) is 36.7 Å². The summed E-state index contributed by atoms with van der Waals surface area (Å²) in [4.78, 5) is 2.27. The molecule has 0 spiro atoms. The Morgan fingerprint density at radius 1 is 0.885 bits per heavy atom. The van der Waals surface area contributed by atoms with Crippen molar-refractivity contribution in [3.8, 4) is 0 Å².